The molecule has 0 N–H and O–H groups in total. The van der Waals surface area contributed by atoms with Gasteiger partial charge in [0.25, 0.3) is 0 Å². The Morgan fingerprint density at radius 1 is 0.467 bits per heavy atom. The number of nitrogens with zero attached hydrogens (tertiary/aromatic N) is 7. The molecule has 2 aliphatic rings. The Kier molecular flexibility index (Phi) is 7.98. The largest absolute Gasteiger partial charge is 0.254 e. The predicted octanol–water partition coefficient (Wildman–Crippen LogP) is 11.9. The van der Waals surface area contributed by atoms with Crippen LogP contribution in [0, 0.1) is 0 Å². The smallest absolute Gasteiger partial charge is 0.164 e. The molecule has 7 nitrogen and oxygen atoms in total. The molecule has 0 spiro atoms. The third-order valence-electron chi connectivity index (χ3n) is 12.2. The maximum atomic E-state index is 5.37. The minimum absolute atomic E-state index is 0.158. The van der Waals surface area contributed by atoms with Crippen LogP contribution in [0.5, 0.6) is 0 Å². The molecule has 0 bridgehead atoms. The van der Waals surface area contributed by atoms with Gasteiger partial charge in [-0.3, -0.25) is 19.9 Å². The van der Waals surface area contributed by atoms with E-state index < -0.39 is 0 Å². The maximum absolute atomic E-state index is 5.37. The number of fused-ring (bicyclic) bond motifs is 8. The molecule has 0 saturated carbocycles. The van der Waals surface area contributed by atoms with E-state index in [1.54, 1.807) is 0 Å². The van der Waals surface area contributed by atoms with E-state index in [1.165, 1.54) is 27.8 Å². The zero-order valence-electron chi connectivity index (χ0n) is 32.5. The molecule has 7 heteroatoms. The summed E-state index contributed by atoms with van der Waals surface area (Å²) in [7, 11) is 0. The molecule has 0 amide bonds. The fourth-order valence-corrected chi connectivity index (χ4v) is 9.48. The van der Waals surface area contributed by atoms with Crippen molar-refractivity contribution >= 4 is 38.7 Å². The molecule has 0 aliphatic heterocycles. The summed E-state index contributed by atoms with van der Waals surface area (Å²) in [5, 5.41) is 4.28. The molecule has 5 aromatic carbocycles. The number of allylic oxidation sites excluding steroid dienone is 1. The second-order valence-electron chi connectivity index (χ2n) is 15.5. The predicted molar refractivity (Wildman–Crippen MR) is 240 cm³/mol. The quantitative estimate of drug-likeness (QED) is 0.161. The highest BCUT2D eigenvalue weighted by molar-refractivity contribution is 6.14. The number of rotatable bonds is 5. The lowest BCUT2D eigenvalue weighted by Crippen LogP contribution is -2.17. The van der Waals surface area contributed by atoms with Crippen LogP contribution in [0.15, 0.2) is 164 Å². The highest BCUT2D eigenvalue weighted by Crippen LogP contribution is 2.45. The summed E-state index contributed by atoms with van der Waals surface area (Å²) in [5.74, 6) is 2.08. The number of pyridine rings is 4. The third kappa shape index (κ3) is 5.54. The Hall–Kier alpha value is -7.77. The molecule has 282 valence electrons. The van der Waals surface area contributed by atoms with Gasteiger partial charge in [0.2, 0.25) is 0 Å². The number of hydrogen-bond acceptors (Lipinski definition) is 7. The summed E-state index contributed by atoms with van der Waals surface area (Å²) in [6.45, 7) is 0. The second kappa shape index (κ2) is 14.0. The van der Waals surface area contributed by atoms with Crippen LogP contribution in [-0.4, -0.2) is 34.9 Å². The van der Waals surface area contributed by atoms with Crippen LogP contribution in [0.2, 0.25) is 0 Å². The number of hydrogen-bond donors (Lipinski definition) is 0. The van der Waals surface area contributed by atoms with Crippen LogP contribution in [0.4, 0.5) is 0 Å². The fourth-order valence-electron chi connectivity index (χ4n) is 9.48. The molecule has 5 heterocycles. The second-order valence-corrected chi connectivity index (χ2v) is 15.5. The van der Waals surface area contributed by atoms with Gasteiger partial charge < -0.3 is 0 Å². The lowest BCUT2D eigenvalue weighted by Gasteiger charge is -2.30. The molecule has 1 unspecified atom stereocenters. The summed E-state index contributed by atoms with van der Waals surface area (Å²) >= 11 is 0. The first-order valence-electron chi connectivity index (χ1n) is 20.4. The van der Waals surface area contributed by atoms with Crippen molar-refractivity contribution in [3.8, 4) is 56.7 Å². The van der Waals surface area contributed by atoms with Crippen LogP contribution in [0.25, 0.3) is 95.3 Å². The lowest BCUT2D eigenvalue weighted by atomic mass is 9.75. The van der Waals surface area contributed by atoms with Crippen LogP contribution >= 0.6 is 0 Å². The molecule has 10 aromatic rings. The van der Waals surface area contributed by atoms with Crippen molar-refractivity contribution in [3.63, 3.8) is 0 Å². The molecule has 0 radical (unpaired) electrons. The minimum atomic E-state index is 0.158. The average Bonchev–Trinajstić information content (AvgIpc) is 3.33. The molecular weight excluding hydrogens is 735 g/mol. The average molecular weight is 770 g/mol. The Morgan fingerprint density at radius 3 is 2.02 bits per heavy atom. The molecule has 2 aliphatic carbocycles. The van der Waals surface area contributed by atoms with Crippen molar-refractivity contribution in [2.75, 3.05) is 0 Å². The van der Waals surface area contributed by atoms with Crippen molar-refractivity contribution in [1.29, 1.82) is 0 Å². The van der Waals surface area contributed by atoms with E-state index in [0.29, 0.717) is 17.5 Å². The van der Waals surface area contributed by atoms with Crippen molar-refractivity contribution in [2.45, 2.75) is 25.2 Å². The lowest BCUT2D eigenvalue weighted by molar-refractivity contribution is 0.762. The Balaban J connectivity index is 1.04. The number of benzene rings is 5. The SMILES string of the molecule is C1=Cc2c(-c3nc(-c4ccccc4)nc(-c4ccc(-c5cc6cccnc6c6ncccc56)c5ccccc45)n3)ccc(C3Cc4cccnc4-c4ncccc43)c2CC1. The summed E-state index contributed by atoms with van der Waals surface area (Å²) in [5.41, 5.74) is 15.1. The van der Waals surface area contributed by atoms with Crippen LogP contribution in [-0.2, 0) is 12.8 Å². The fraction of sp³-hybridized carbons (Fsp3) is 0.0755. The van der Waals surface area contributed by atoms with Crippen LogP contribution < -0.4 is 0 Å². The third-order valence-corrected chi connectivity index (χ3v) is 12.2. The molecule has 12 rings (SSSR count). The van der Waals surface area contributed by atoms with Crippen molar-refractivity contribution < 1.29 is 0 Å². The standard InChI is InChI=1S/C53H35N7/c1-2-12-32(13-3-1)51-58-52(43-24-22-39(35-16-4-6-18-37(35)43)45-30-33-14-8-26-54-47(33)49-41(45)20-10-28-56-49)60-53(59-51)44-25-23-40(36-17-5-7-19-38(36)44)46-31-34-15-9-27-55-48(34)50-42(46)21-11-29-57-50/h1-4,6-16,18-30,46H,5,17,31H2. The molecule has 0 fully saturated rings. The maximum Gasteiger partial charge on any atom is 0.164 e. The van der Waals surface area contributed by atoms with Gasteiger partial charge >= 0.3 is 0 Å². The Bertz CT molecular complexity index is 3380. The highest BCUT2D eigenvalue weighted by atomic mass is 15.0. The zero-order chi connectivity index (χ0) is 39.6. The van der Waals surface area contributed by atoms with Crippen LogP contribution in [0.3, 0.4) is 0 Å². The first-order valence-corrected chi connectivity index (χ1v) is 20.4. The molecular formula is C53H35N7. The van der Waals surface area contributed by atoms with E-state index in [9.17, 15) is 0 Å². The van der Waals surface area contributed by atoms with Gasteiger partial charge in [-0.15, -0.1) is 0 Å². The Labute approximate surface area is 346 Å². The van der Waals surface area contributed by atoms with Crippen molar-refractivity contribution in [1.82, 2.24) is 34.9 Å². The Morgan fingerprint density at radius 2 is 1.13 bits per heavy atom. The first kappa shape index (κ1) is 34.3. The van der Waals surface area contributed by atoms with Gasteiger partial charge in [-0.05, 0) is 105 Å². The van der Waals surface area contributed by atoms with Gasteiger partial charge in [-0.1, -0.05) is 109 Å². The van der Waals surface area contributed by atoms with E-state index in [2.05, 4.69) is 103 Å². The summed E-state index contributed by atoms with van der Waals surface area (Å²) in [6.07, 6.45) is 14.7. The van der Waals surface area contributed by atoms with Gasteiger partial charge in [0.15, 0.2) is 17.5 Å². The minimum Gasteiger partial charge on any atom is -0.254 e. The van der Waals surface area contributed by atoms with Crippen molar-refractivity contribution in [3.05, 3.63) is 192 Å². The van der Waals surface area contributed by atoms with E-state index in [1.807, 2.05) is 67.3 Å². The van der Waals surface area contributed by atoms with E-state index in [0.717, 1.165) is 91.0 Å². The van der Waals surface area contributed by atoms with E-state index in [-0.39, 0.29) is 5.92 Å². The van der Waals surface area contributed by atoms with Gasteiger partial charge in [0, 0.05) is 58.2 Å². The monoisotopic (exact) mass is 769 g/mol. The normalized spacial score (nSPS) is 14.2. The van der Waals surface area contributed by atoms with Crippen LogP contribution in [0.1, 0.15) is 40.2 Å². The highest BCUT2D eigenvalue weighted by Gasteiger charge is 2.31. The van der Waals surface area contributed by atoms with Crippen molar-refractivity contribution in [2.24, 2.45) is 0 Å². The van der Waals surface area contributed by atoms with Gasteiger partial charge in [0.05, 0.1) is 22.4 Å². The van der Waals surface area contributed by atoms with Gasteiger partial charge in [-0.2, -0.15) is 0 Å². The van der Waals surface area contributed by atoms with Gasteiger partial charge in [-0.25, -0.2) is 15.0 Å². The van der Waals surface area contributed by atoms with Gasteiger partial charge in [0.1, 0.15) is 0 Å². The number of aromatic nitrogens is 7. The molecule has 1 atom stereocenters. The topological polar surface area (TPSA) is 90.2 Å². The molecule has 60 heavy (non-hydrogen) atoms. The summed E-state index contributed by atoms with van der Waals surface area (Å²) in [6, 6.07) is 46.6. The first-order chi connectivity index (χ1) is 29.8. The molecule has 0 saturated heterocycles. The summed E-state index contributed by atoms with van der Waals surface area (Å²) < 4.78 is 0. The molecule has 5 aromatic heterocycles. The van der Waals surface area contributed by atoms with E-state index in [4.69, 9.17) is 34.9 Å². The van der Waals surface area contributed by atoms with E-state index >= 15 is 0 Å². The zero-order valence-corrected chi connectivity index (χ0v) is 32.5. The summed E-state index contributed by atoms with van der Waals surface area (Å²) in [4.78, 5) is 34.9.